The van der Waals surface area contributed by atoms with E-state index >= 15 is 0 Å². The van der Waals surface area contributed by atoms with Crippen molar-refractivity contribution in [2.75, 3.05) is 5.32 Å². The van der Waals surface area contributed by atoms with E-state index in [1.807, 2.05) is 12.3 Å². The molecule has 2 aromatic carbocycles. The largest absolute Gasteiger partial charge is 0.380 e. The molecule has 1 heterocycles. The van der Waals surface area contributed by atoms with Crippen molar-refractivity contribution < 1.29 is 0 Å². The van der Waals surface area contributed by atoms with E-state index < -0.39 is 0 Å². The second-order valence-electron chi connectivity index (χ2n) is 4.87. The van der Waals surface area contributed by atoms with Gasteiger partial charge in [-0.05, 0) is 64.3 Å². The molecule has 0 spiro atoms. The van der Waals surface area contributed by atoms with Crippen molar-refractivity contribution in [2.45, 2.75) is 13.5 Å². The first-order valence-corrected chi connectivity index (χ1v) is 7.35. The molecule has 0 aliphatic rings. The molecule has 0 radical (unpaired) electrons. The molecule has 3 aromatic rings. The Morgan fingerprint density at radius 3 is 2.85 bits per heavy atom. The number of anilines is 1. The summed E-state index contributed by atoms with van der Waals surface area (Å²) in [6, 6.07) is 16.7. The summed E-state index contributed by atoms with van der Waals surface area (Å²) in [5, 5.41) is 4.63. The van der Waals surface area contributed by atoms with Gasteiger partial charge in [-0.1, -0.05) is 18.2 Å². The maximum Gasteiger partial charge on any atom is 0.0702 e. The van der Waals surface area contributed by atoms with Crippen LogP contribution in [0.15, 0.2) is 59.2 Å². The van der Waals surface area contributed by atoms with Gasteiger partial charge in [0.15, 0.2) is 0 Å². The third-order valence-corrected chi connectivity index (χ3v) is 3.93. The maximum atomic E-state index is 4.34. The Labute approximate surface area is 127 Å². The molecule has 1 N–H and O–H groups in total. The number of halogens is 1. The Hall–Kier alpha value is -1.87. The molecule has 0 unspecified atom stereocenters. The van der Waals surface area contributed by atoms with Gasteiger partial charge >= 0.3 is 0 Å². The zero-order chi connectivity index (χ0) is 13.9. The number of nitrogens with zero attached hydrogens (tertiary/aromatic N) is 1. The molecule has 0 aliphatic heterocycles. The first kappa shape index (κ1) is 13.1. The summed E-state index contributed by atoms with van der Waals surface area (Å²) in [6.07, 6.45) is 1.82. The van der Waals surface area contributed by atoms with Crippen LogP contribution in [0.1, 0.15) is 11.1 Å². The molecule has 3 rings (SSSR count). The van der Waals surface area contributed by atoms with Gasteiger partial charge in [0.25, 0.3) is 0 Å². The Morgan fingerprint density at radius 1 is 1.10 bits per heavy atom. The standard InChI is InChI=1S/C17H15BrN2/c1-12-4-6-17(15(18)9-12)20-11-13-5-7-16-14(10-13)3-2-8-19-16/h2-10,20H,11H2,1H3. The Morgan fingerprint density at radius 2 is 2.00 bits per heavy atom. The SMILES string of the molecule is Cc1ccc(NCc2ccc3ncccc3c2)c(Br)c1. The predicted molar refractivity (Wildman–Crippen MR) is 87.9 cm³/mol. The fourth-order valence-corrected chi connectivity index (χ4v) is 2.83. The van der Waals surface area contributed by atoms with Crippen LogP contribution in [-0.2, 0) is 6.54 Å². The van der Waals surface area contributed by atoms with Crippen molar-refractivity contribution in [3.05, 3.63) is 70.3 Å². The van der Waals surface area contributed by atoms with Crippen LogP contribution in [0.4, 0.5) is 5.69 Å². The smallest absolute Gasteiger partial charge is 0.0702 e. The van der Waals surface area contributed by atoms with E-state index in [4.69, 9.17) is 0 Å². The summed E-state index contributed by atoms with van der Waals surface area (Å²) in [5.41, 5.74) is 4.65. The number of benzene rings is 2. The van der Waals surface area contributed by atoms with Gasteiger partial charge in [-0.25, -0.2) is 0 Å². The van der Waals surface area contributed by atoms with Gasteiger partial charge in [0.1, 0.15) is 0 Å². The average molecular weight is 327 g/mol. The normalized spacial score (nSPS) is 10.7. The monoisotopic (exact) mass is 326 g/mol. The Bertz CT molecular complexity index is 753. The molecule has 0 saturated carbocycles. The lowest BCUT2D eigenvalue weighted by Crippen LogP contribution is -2.00. The summed E-state index contributed by atoms with van der Waals surface area (Å²) in [7, 11) is 0. The second kappa shape index (κ2) is 5.63. The lowest BCUT2D eigenvalue weighted by molar-refractivity contribution is 1.15. The first-order chi connectivity index (χ1) is 9.72. The minimum atomic E-state index is 0.798. The lowest BCUT2D eigenvalue weighted by Gasteiger charge is -2.10. The topological polar surface area (TPSA) is 24.9 Å². The van der Waals surface area contributed by atoms with Crippen molar-refractivity contribution in [1.29, 1.82) is 0 Å². The third kappa shape index (κ3) is 2.83. The minimum Gasteiger partial charge on any atom is -0.380 e. The fraction of sp³-hybridized carbons (Fsp3) is 0.118. The van der Waals surface area contributed by atoms with Crippen LogP contribution in [0, 0.1) is 6.92 Å². The van der Waals surface area contributed by atoms with Gasteiger partial charge in [-0.15, -0.1) is 0 Å². The highest BCUT2D eigenvalue weighted by Gasteiger charge is 2.01. The highest BCUT2D eigenvalue weighted by atomic mass is 79.9. The van der Waals surface area contributed by atoms with Crippen molar-refractivity contribution in [3.63, 3.8) is 0 Å². The molecule has 0 saturated heterocycles. The maximum absolute atomic E-state index is 4.34. The summed E-state index contributed by atoms with van der Waals surface area (Å²) in [6.45, 7) is 2.89. The molecule has 0 fully saturated rings. The molecule has 3 heteroatoms. The zero-order valence-corrected chi connectivity index (χ0v) is 12.8. The van der Waals surface area contributed by atoms with Gasteiger partial charge < -0.3 is 5.32 Å². The van der Waals surface area contributed by atoms with Crippen LogP contribution in [0.2, 0.25) is 0 Å². The van der Waals surface area contributed by atoms with Crippen molar-refractivity contribution in [2.24, 2.45) is 0 Å². The van der Waals surface area contributed by atoms with Crippen LogP contribution in [0.3, 0.4) is 0 Å². The number of nitrogens with one attached hydrogen (secondary N) is 1. The summed E-state index contributed by atoms with van der Waals surface area (Å²) in [5.74, 6) is 0. The molecular formula is C17H15BrN2. The van der Waals surface area contributed by atoms with Gasteiger partial charge in [0, 0.05) is 28.3 Å². The van der Waals surface area contributed by atoms with Gasteiger partial charge in [0.05, 0.1) is 5.52 Å². The van der Waals surface area contributed by atoms with Crippen LogP contribution in [-0.4, -0.2) is 4.98 Å². The average Bonchev–Trinajstić information content (AvgIpc) is 2.46. The second-order valence-corrected chi connectivity index (χ2v) is 5.72. The van der Waals surface area contributed by atoms with Crippen molar-refractivity contribution in [3.8, 4) is 0 Å². The number of aryl methyl sites for hydroxylation is 1. The number of fused-ring (bicyclic) bond motifs is 1. The number of hydrogen-bond donors (Lipinski definition) is 1. The van der Waals surface area contributed by atoms with E-state index in [2.05, 4.69) is 75.6 Å². The Kier molecular flexibility index (Phi) is 3.70. The van der Waals surface area contributed by atoms with Crippen molar-refractivity contribution in [1.82, 2.24) is 4.98 Å². The first-order valence-electron chi connectivity index (χ1n) is 6.56. The number of rotatable bonds is 3. The lowest BCUT2D eigenvalue weighted by atomic mass is 10.1. The Balaban J connectivity index is 1.79. The molecule has 0 bridgehead atoms. The fourth-order valence-electron chi connectivity index (χ4n) is 2.20. The number of hydrogen-bond acceptors (Lipinski definition) is 2. The van der Waals surface area contributed by atoms with E-state index in [0.717, 1.165) is 22.2 Å². The molecule has 0 amide bonds. The predicted octanol–water partition coefficient (Wildman–Crippen LogP) is 4.92. The van der Waals surface area contributed by atoms with Crippen LogP contribution in [0.5, 0.6) is 0 Å². The molecule has 1 aromatic heterocycles. The van der Waals surface area contributed by atoms with Crippen LogP contribution >= 0.6 is 15.9 Å². The van der Waals surface area contributed by atoms with E-state index in [9.17, 15) is 0 Å². The zero-order valence-electron chi connectivity index (χ0n) is 11.2. The quantitative estimate of drug-likeness (QED) is 0.739. The highest BCUT2D eigenvalue weighted by Crippen LogP contribution is 2.24. The minimum absolute atomic E-state index is 0.798. The molecule has 0 aliphatic carbocycles. The van der Waals surface area contributed by atoms with Crippen LogP contribution in [0.25, 0.3) is 10.9 Å². The summed E-state index contributed by atoms with van der Waals surface area (Å²) >= 11 is 3.59. The number of aromatic nitrogens is 1. The summed E-state index contributed by atoms with van der Waals surface area (Å²) < 4.78 is 1.10. The van der Waals surface area contributed by atoms with Gasteiger partial charge in [-0.3, -0.25) is 4.98 Å². The molecular weight excluding hydrogens is 312 g/mol. The van der Waals surface area contributed by atoms with Crippen LogP contribution < -0.4 is 5.32 Å². The molecule has 20 heavy (non-hydrogen) atoms. The molecule has 2 nitrogen and oxygen atoms in total. The number of pyridine rings is 1. The molecule has 100 valence electrons. The molecule has 0 atom stereocenters. The van der Waals surface area contributed by atoms with E-state index in [0.29, 0.717) is 0 Å². The van der Waals surface area contributed by atoms with E-state index in [1.54, 1.807) is 0 Å². The van der Waals surface area contributed by atoms with Crippen molar-refractivity contribution >= 4 is 32.5 Å². The third-order valence-electron chi connectivity index (χ3n) is 3.27. The summed E-state index contributed by atoms with van der Waals surface area (Å²) in [4.78, 5) is 4.34. The van der Waals surface area contributed by atoms with Gasteiger partial charge in [-0.2, -0.15) is 0 Å². The van der Waals surface area contributed by atoms with Gasteiger partial charge in [0.2, 0.25) is 0 Å². The highest BCUT2D eigenvalue weighted by molar-refractivity contribution is 9.10. The van der Waals surface area contributed by atoms with E-state index in [-0.39, 0.29) is 0 Å². The van der Waals surface area contributed by atoms with E-state index in [1.165, 1.54) is 16.5 Å².